The van der Waals surface area contributed by atoms with E-state index in [1.54, 1.807) is 37.0 Å². The summed E-state index contributed by atoms with van der Waals surface area (Å²) in [7, 11) is 0. The Morgan fingerprint density at radius 2 is 1.58 bits per heavy atom. The SMILES string of the molecule is CC(O)[C@H](C)n1ncn(-c2ccc(N3CCN(c4ccc(OC[C@@H]5CO[C@@](Cn6cncn6)(c6ccc(Cl)cc6Cl)O5)cc4)CC3)cc2)c1=O. The van der Waals surface area contributed by atoms with Crippen LogP contribution in [0.25, 0.3) is 5.69 Å². The summed E-state index contributed by atoms with van der Waals surface area (Å²) in [6.07, 6.45) is 3.53. The Hall–Kier alpha value is -4.40. The lowest BCUT2D eigenvalue weighted by Crippen LogP contribution is -2.46. The molecule has 13 nitrogen and oxygen atoms in total. The van der Waals surface area contributed by atoms with Crippen LogP contribution in [-0.2, 0) is 21.8 Å². The van der Waals surface area contributed by atoms with Gasteiger partial charge in [0.15, 0.2) is 0 Å². The topological polar surface area (TPSA) is 125 Å². The van der Waals surface area contributed by atoms with E-state index in [0.29, 0.717) is 28.8 Å². The normalized spacial score (nSPS) is 20.6. The van der Waals surface area contributed by atoms with Gasteiger partial charge in [0.2, 0.25) is 5.79 Å². The van der Waals surface area contributed by atoms with E-state index in [1.807, 2.05) is 42.5 Å². The molecule has 1 N–H and O–H groups in total. The van der Waals surface area contributed by atoms with E-state index < -0.39 is 17.9 Å². The van der Waals surface area contributed by atoms with Gasteiger partial charge < -0.3 is 29.1 Å². The van der Waals surface area contributed by atoms with Gasteiger partial charge >= 0.3 is 5.69 Å². The molecule has 4 heterocycles. The van der Waals surface area contributed by atoms with Crippen molar-refractivity contribution < 1.29 is 19.3 Å². The second kappa shape index (κ2) is 14.4. The largest absolute Gasteiger partial charge is 0.491 e. The molecule has 262 valence electrons. The molecule has 0 amide bonds. The molecule has 50 heavy (non-hydrogen) atoms. The number of halogens is 2. The van der Waals surface area contributed by atoms with E-state index in [9.17, 15) is 9.90 Å². The Kier molecular flexibility index (Phi) is 9.84. The van der Waals surface area contributed by atoms with Crippen molar-refractivity contribution in [3.8, 4) is 11.4 Å². The summed E-state index contributed by atoms with van der Waals surface area (Å²) in [5, 5.41) is 19.2. The van der Waals surface area contributed by atoms with Crippen molar-refractivity contribution in [2.75, 3.05) is 49.2 Å². The van der Waals surface area contributed by atoms with Gasteiger partial charge in [-0.3, -0.25) is 0 Å². The minimum Gasteiger partial charge on any atom is -0.491 e. The molecule has 2 aliphatic rings. The van der Waals surface area contributed by atoms with Crippen LogP contribution in [0.5, 0.6) is 5.75 Å². The van der Waals surface area contributed by atoms with Gasteiger partial charge in [-0.15, -0.1) is 0 Å². The average molecular weight is 722 g/mol. The highest BCUT2D eigenvalue weighted by Crippen LogP contribution is 2.40. The number of rotatable bonds is 11. The molecular weight excluding hydrogens is 683 g/mol. The molecule has 1 unspecified atom stereocenters. The second-order valence-corrected chi connectivity index (χ2v) is 13.4. The molecule has 0 aliphatic carbocycles. The Labute approximate surface area is 299 Å². The highest BCUT2D eigenvalue weighted by Gasteiger charge is 2.45. The van der Waals surface area contributed by atoms with E-state index in [4.69, 9.17) is 37.4 Å². The minimum absolute atomic E-state index is 0.261. The van der Waals surface area contributed by atoms with E-state index in [-0.39, 0.29) is 18.3 Å². The number of piperazine rings is 1. The van der Waals surface area contributed by atoms with Crippen LogP contribution in [-0.4, -0.2) is 85.8 Å². The van der Waals surface area contributed by atoms with E-state index in [2.05, 4.69) is 37.1 Å². The van der Waals surface area contributed by atoms with Crippen LogP contribution < -0.4 is 20.2 Å². The third kappa shape index (κ3) is 7.10. The van der Waals surface area contributed by atoms with E-state index in [1.165, 1.54) is 21.9 Å². The van der Waals surface area contributed by atoms with Gasteiger partial charge in [-0.2, -0.15) is 10.2 Å². The minimum atomic E-state index is -1.17. The zero-order valence-corrected chi connectivity index (χ0v) is 29.2. The first kappa shape index (κ1) is 34.1. The molecular formula is C35H38Cl2N8O5. The third-order valence-electron chi connectivity index (χ3n) is 9.23. The molecule has 4 atom stereocenters. The van der Waals surface area contributed by atoms with Crippen molar-refractivity contribution >= 4 is 34.6 Å². The monoisotopic (exact) mass is 720 g/mol. The zero-order valence-electron chi connectivity index (χ0n) is 27.7. The van der Waals surface area contributed by atoms with Crippen molar-refractivity contribution in [3.05, 3.63) is 112 Å². The van der Waals surface area contributed by atoms with Crippen LogP contribution in [0.4, 0.5) is 11.4 Å². The Bertz CT molecular complexity index is 1940. The predicted octanol–water partition coefficient (Wildman–Crippen LogP) is 4.55. The fraction of sp³-hybridized carbons (Fsp3) is 0.371. The molecule has 2 fully saturated rings. The van der Waals surface area contributed by atoms with Crippen molar-refractivity contribution in [2.24, 2.45) is 0 Å². The lowest BCUT2D eigenvalue weighted by atomic mass is 10.1. The number of aliphatic hydroxyl groups is 1. The number of hydrogen-bond acceptors (Lipinski definition) is 10. The summed E-state index contributed by atoms with van der Waals surface area (Å²) in [4.78, 5) is 21.6. The Morgan fingerprint density at radius 1 is 0.920 bits per heavy atom. The molecule has 2 aromatic heterocycles. The number of benzene rings is 3. The summed E-state index contributed by atoms with van der Waals surface area (Å²) in [5.74, 6) is -0.432. The molecule has 0 bridgehead atoms. The lowest BCUT2D eigenvalue weighted by molar-refractivity contribution is -0.190. The van der Waals surface area contributed by atoms with Gasteiger partial charge in [0.05, 0.1) is 29.5 Å². The standard InChI is InChI=1S/C35H38Cl2N8O5/c1-24(25(2)46)45-34(47)44(23-40-45)29-6-4-27(5-7-29)41-13-15-42(16-14-41)28-8-10-30(11-9-28)48-18-31-19-49-35(50-31,20-43-22-38-21-39-43)32-12-3-26(36)17-33(32)37/h3-12,17,21-25,31,46H,13-16,18-20H2,1-2H3/t24-,25?,31+,35+/m0/s1. The summed E-state index contributed by atoms with van der Waals surface area (Å²) in [6.45, 7) is 7.71. The van der Waals surface area contributed by atoms with E-state index >= 15 is 0 Å². The molecule has 2 aliphatic heterocycles. The maximum Gasteiger partial charge on any atom is 0.350 e. The molecule has 7 rings (SSSR count). The maximum absolute atomic E-state index is 12.8. The maximum atomic E-state index is 12.8. The Balaban J connectivity index is 0.924. The zero-order chi connectivity index (χ0) is 34.8. The second-order valence-electron chi connectivity index (χ2n) is 12.5. The van der Waals surface area contributed by atoms with Crippen molar-refractivity contribution in [1.82, 2.24) is 29.1 Å². The summed E-state index contributed by atoms with van der Waals surface area (Å²) in [5.41, 5.74) is 3.33. The third-order valence-corrected chi connectivity index (χ3v) is 9.77. The first-order chi connectivity index (χ1) is 24.2. The predicted molar refractivity (Wildman–Crippen MR) is 190 cm³/mol. The molecule has 0 radical (unpaired) electrons. The van der Waals surface area contributed by atoms with Gasteiger partial charge in [0.25, 0.3) is 0 Å². The molecule has 15 heteroatoms. The number of anilines is 2. The van der Waals surface area contributed by atoms with Gasteiger partial charge in [0, 0.05) is 48.1 Å². The van der Waals surface area contributed by atoms with Gasteiger partial charge in [-0.25, -0.2) is 23.7 Å². The van der Waals surface area contributed by atoms with Crippen molar-refractivity contribution in [1.29, 1.82) is 0 Å². The average Bonchev–Trinajstić information content (AvgIpc) is 3.88. The number of hydrogen-bond donors (Lipinski definition) is 1. The van der Waals surface area contributed by atoms with Crippen LogP contribution in [0.2, 0.25) is 10.0 Å². The molecule has 0 spiro atoms. The highest BCUT2D eigenvalue weighted by atomic mass is 35.5. The van der Waals surface area contributed by atoms with Crippen LogP contribution in [0, 0.1) is 0 Å². The van der Waals surface area contributed by atoms with Crippen molar-refractivity contribution in [3.63, 3.8) is 0 Å². The summed E-state index contributed by atoms with van der Waals surface area (Å²) in [6, 6.07) is 20.8. The molecule has 0 saturated carbocycles. The van der Waals surface area contributed by atoms with E-state index in [0.717, 1.165) is 49.0 Å². The number of ether oxygens (including phenoxy) is 3. The quantitative estimate of drug-likeness (QED) is 0.208. The molecule has 5 aromatic rings. The smallest absolute Gasteiger partial charge is 0.350 e. The number of nitrogens with zero attached hydrogens (tertiary/aromatic N) is 8. The van der Waals surface area contributed by atoms with Crippen LogP contribution in [0.3, 0.4) is 0 Å². The summed E-state index contributed by atoms with van der Waals surface area (Å²) >= 11 is 12.7. The van der Waals surface area contributed by atoms with Gasteiger partial charge in [0.1, 0.15) is 44.0 Å². The molecule has 3 aromatic carbocycles. The summed E-state index contributed by atoms with van der Waals surface area (Å²) < 4.78 is 23.3. The fourth-order valence-corrected chi connectivity index (χ4v) is 6.80. The molecule has 2 saturated heterocycles. The van der Waals surface area contributed by atoms with Crippen LogP contribution in [0.15, 0.2) is 90.5 Å². The van der Waals surface area contributed by atoms with Crippen LogP contribution >= 0.6 is 23.2 Å². The van der Waals surface area contributed by atoms with Crippen LogP contribution in [0.1, 0.15) is 25.5 Å². The fourth-order valence-electron chi connectivity index (χ4n) is 6.25. The number of aliphatic hydroxyl groups excluding tert-OH is 1. The number of aromatic nitrogens is 6. The Morgan fingerprint density at radius 3 is 2.20 bits per heavy atom. The lowest BCUT2D eigenvalue weighted by Gasteiger charge is -2.37. The first-order valence-electron chi connectivity index (χ1n) is 16.5. The van der Waals surface area contributed by atoms with Gasteiger partial charge in [-0.05, 0) is 74.5 Å². The first-order valence-corrected chi connectivity index (χ1v) is 17.2. The van der Waals surface area contributed by atoms with Crippen molar-refractivity contribution in [2.45, 2.75) is 44.4 Å². The van der Waals surface area contributed by atoms with Gasteiger partial charge in [-0.1, -0.05) is 29.3 Å². The highest BCUT2D eigenvalue weighted by molar-refractivity contribution is 6.35.